The highest BCUT2D eigenvalue weighted by Gasteiger charge is 2.44. The Balaban J connectivity index is 3.01. The Hall–Kier alpha value is -1.50. The van der Waals surface area contributed by atoms with Crippen LogP contribution in [0.15, 0.2) is 0 Å². The highest BCUT2D eigenvalue weighted by atomic mass is 16.4. The van der Waals surface area contributed by atoms with E-state index in [1.54, 1.807) is 0 Å². The summed E-state index contributed by atoms with van der Waals surface area (Å²) in [6, 6.07) is -0.810. The average molecular weight is 209 g/mol. The number of amides is 1. The summed E-state index contributed by atoms with van der Waals surface area (Å²) in [6.07, 6.45) is 6.61. The van der Waals surface area contributed by atoms with E-state index in [-0.39, 0.29) is 0 Å². The lowest BCUT2D eigenvalue weighted by Gasteiger charge is -2.43. The van der Waals surface area contributed by atoms with Gasteiger partial charge in [0.1, 0.15) is 6.04 Å². The number of carbonyl (C=O) groups excluding carboxylic acids is 1. The minimum absolute atomic E-state index is 0.420. The van der Waals surface area contributed by atoms with E-state index in [1.165, 1.54) is 4.90 Å². The topological polar surface area (TPSA) is 57.6 Å². The summed E-state index contributed by atoms with van der Waals surface area (Å²) in [5.41, 5.74) is -0.420. The Kier molecular flexibility index (Phi) is 3.04. The summed E-state index contributed by atoms with van der Waals surface area (Å²) in [6.45, 7) is 4.13. The highest BCUT2D eigenvalue weighted by Crippen LogP contribution is 2.35. The third-order valence-corrected chi connectivity index (χ3v) is 2.89. The van der Waals surface area contributed by atoms with Gasteiger partial charge in [0.05, 0.1) is 0 Å². The van der Waals surface area contributed by atoms with Crippen LogP contribution in [0.1, 0.15) is 26.7 Å². The number of hydrogen-bond acceptors (Lipinski definition) is 2. The van der Waals surface area contributed by atoms with Crippen molar-refractivity contribution in [2.75, 3.05) is 6.54 Å². The standard InChI is InChI=1S/C11H15NO3/c1-4-8(13)12-7-5-6-11(2,3)9(12)10(14)15/h1,9H,5-7H2,2-3H3,(H,14,15). The Morgan fingerprint density at radius 1 is 1.53 bits per heavy atom. The maximum absolute atomic E-state index is 11.4. The Morgan fingerprint density at radius 3 is 2.60 bits per heavy atom. The van der Waals surface area contributed by atoms with Crippen LogP contribution in [0.25, 0.3) is 0 Å². The number of carbonyl (C=O) groups is 2. The Morgan fingerprint density at radius 2 is 2.13 bits per heavy atom. The molecule has 1 aliphatic heterocycles. The lowest BCUT2D eigenvalue weighted by molar-refractivity contribution is -0.156. The van der Waals surface area contributed by atoms with Crippen molar-refractivity contribution in [2.24, 2.45) is 5.41 Å². The molecule has 1 aliphatic rings. The monoisotopic (exact) mass is 209 g/mol. The van der Waals surface area contributed by atoms with Crippen LogP contribution in [0.3, 0.4) is 0 Å². The van der Waals surface area contributed by atoms with Crippen LogP contribution in [-0.2, 0) is 9.59 Å². The van der Waals surface area contributed by atoms with E-state index in [2.05, 4.69) is 0 Å². The molecular formula is C11H15NO3. The molecule has 0 saturated carbocycles. The van der Waals surface area contributed by atoms with E-state index < -0.39 is 23.3 Å². The molecule has 1 amide bonds. The summed E-state index contributed by atoms with van der Waals surface area (Å²) < 4.78 is 0. The number of likely N-dealkylation sites (tertiary alicyclic amines) is 1. The molecule has 1 saturated heterocycles. The third-order valence-electron chi connectivity index (χ3n) is 2.89. The molecule has 1 fully saturated rings. The fraction of sp³-hybridized carbons (Fsp3) is 0.636. The molecule has 4 heteroatoms. The second kappa shape index (κ2) is 3.93. The van der Waals surface area contributed by atoms with Gasteiger partial charge in [-0.2, -0.15) is 0 Å². The molecule has 82 valence electrons. The fourth-order valence-corrected chi connectivity index (χ4v) is 2.16. The van der Waals surface area contributed by atoms with Gasteiger partial charge in [-0.15, -0.1) is 6.42 Å². The summed E-state index contributed by atoms with van der Waals surface area (Å²) in [5.74, 6) is 0.466. The van der Waals surface area contributed by atoms with Crippen LogP contribution < -0.4 is 0 Å². The zero-order chi connectivity index (χ0) is 11.6. The van der Waals surface area contributed by atoms with E-state index in [9.17, 15) is 9.59 Å². The SMILES string of the molecule is C#CC(=O)N1CCCC(C)(C)C1C(=O)O. The van der Waals surface area contributed by atoms with E-state index >= 15 is 0 Å². The largest absolute Gasteiger partial charge is 0.480 e. The average Bonchev–Trinajstić information content (AvgIpc) is 2.14. The normalized spacial score (nSPS) is 24.3. The predicted molar refractivity (Wildman–Crippen MR) is 55.0 cm³/mol. The van der Waals surface area contributed by atoms with Gasteiger partial charge in [-0.1, -0.05) is 13.8 Å². The zero-order valence-corrected chi connectivity index (χ0v) is 8.99. The van der Waals surface area contributed by atoms with Crippen molar-refractivity contribution in [1.29, 1.82) is 0 Å². The lowest BCUT2D eigenvalue weighted by Crippen LogP contribution is -2.56. The molecule has 0 radical (unpaired) electrons. The molecule has 0 spiro atoms. The Bertz CT molecular complexity index is 327. The van der Waals surface area contributed by atoms with Crippen molar-refractivity contribution in [2.45, 2.75) is 32.7 Å². The summed E-state index contributed by atoms with van der Waals surface area (Å²) in [5, 5.41) is 9.13. The second-order valence-electron chi connectivity index (χ2n) is 4.48. The first-order chi connectivity index (χ1) is 6.90. The molecule has 1 N–H and O–H groups in total. The number of aliphatic carboxylic acids is 1. The second-order valence-corrected chi connectivity index (χ2v) is 4.48. The molecule has 0 aromatic rings. The molecule has 1 atom stereocenters. The van der Waals surface area contributed by atoms with Crippen molar-refractivity contribution in [1.82, 2.24) is 4.90 Å². The molecule has 1 unspecified atom stereocenters. The number of hydrogen-bond donors (Lipinski definition) is 1. The minimum atomic E-state index is -0.983. The van der Waals surface area contributed by atoms with Gasteiger partial charge in [0.15, 0.2) is 0 Å². The van der Waals surface area contributed by atoms with Crippen LogP contribution in [-0.4, -0.2) is 34.5 Å². The predicted octanol–water partition coefficient (Wildman–Crippen LogP) is 0.721. The quantitative estimate of drug-likeness (QED) is 0.647. The fourth-order valence-electron chi connectivity index (χ4n) is 2.16. The van der Waals surface area contributed by atoms with E-state index in [1.807, 2.05) is 19.8 Å². The number of carboxylic acid groups (broad SMARTS) is 1. The van der Waals surface area contributed by atoms with Gasteiger partial charge < -0.3 is 10.0 Å². The number of rotatable bonds is 1. The molecule has 0 bridgehead atoms. The van der Waals surface area contributed by atoms with Gasteiger partial charge in [-0.05, 0) is 24.2 Å². The van der Waals surface area contributed by atoms with Crippen molar-refractivity contribution < 1.29 is 14.7 Å². The number of carboxylic acids is 1. The first-order valence-electron chi connectivity index (χ1n) is 4.90. The molecule has 4 nitrogen and oxygen atoms in total. The van der Waals surface area contributed by atoms with Crippen LogP contribution in [0.5, 0.6) is 0 Å². The van der Waals surface area contributed by atoms with Gasteiger partial charge in [0, 0.05) is 6.54 Å². The molecule has 1 heterocycles. The summed E-state index contributed by atoms with van der Waals surface area (Å²) >= 11 is 0. The van der Waals surface area contributed by atoms with Crippen LogP contribution in [0.4, 0.5) is 0 Å². The molecule has 1 rings (SSSR count). The van der Waals surface area contributed by atoms with Crippen LogP contribution in [0.2, 0.25) is 0 Å². The van der Waals surface area contributed by atoms with Gasteiger partial charge in [0.2, 0.25) is 0 Å². The third kappa shape index (κ3) is 2.12. The Labute approximate surface area is 89.3 Å². The van der Waals surface area contributed by atoms with Crippen molar-refractivity contribution in [3.63, 3.8) is 0 Å². The maximum Gasteiger partial charge on any atom is 0.327 e. The van der Waals surface area contributed by atoms with Gasteiger partial charge >= 0.3 is 5.97 Å². The lowest BCUT2D eigenvalue weighted by atomic mass is 9.76. The highest BCUT2D eigenvalue weighted by molar-refractivity contribution is 5.95. The van der Waals surface area contributed by atoms with Crippen LogP contribution >= 0.6 is 0 Å². The minimum Gasteiger partial charge on any atom is -0.480 e. The van der Waals surface area contributed by atoms with Crippen molar-refractivity contribution >= 4 is 11.9 Å². The number of piperidine rings is 1. The smallest absolute Gasteiger partial charge is 0.327 e. The van der Waals surface area contributed by atoms with Crippen molar-refractivity contribution in [3.8, 4) is 12.3 Å². The number of nitrogens with zero attached hydrogens (tertiary/aromatic N) is 1. The molecule has 15 heavy (non-hydrogen) atoms. The maximum atomic E-state index is 11.4. The van der Waals surface area contributed by atoms with E-state index in [0.717, 1.165) is 12.8 Å². The van der Waals surface area contributed by atoms with E-state index in [4.69, 9.17) is 11.5 Å². The first-order valence-corrected chi connectivity index (χ1v) is 4.90. The molecule has 0 aromatic heterocycles. The molecule has 0 aliphatic carbocycles. The first kappa shape index (κ1) is 11.6. The molecular weight excluding hydrogens is 194 g/mol. The van der Waals surface area contributed by atoms with E-state index in [0.29, 0.717) is 6.54 Å². The van der Waals surface area contributed by atoms with Crippen molar-refractivity contribution in [3.05, 3.63) is 0 Å². The number of terminal acetylenes is 1. The summed E-state index contributed by atoms with van der Waals surface area (Å²) in [4.78, 5) is 23.8. The van der Waals surface area contributed by atoms with Gasteiger partial charge in [-0.25, -0.2) is 4.79 Å². The van der Waals surface area contributed by atoms with Gasteiger partial charge in [-0.3, -0.25) is 4.79 Å². The molecule has 0 aromatic carbocycles. The van der Waals surface area contributed by atoms with Gasteiger partial charge in [0.25, 0.3) is 5.91 Å². The zero-order valence-electron chi connectivity index (χ0n) is 8.99. The van der Waals surface area contributed by atoms with Crippen LogP contribution in [0, 0.1) is 17.8 Å². The summed E-state index contributed by atoms with van der Waals surface area (Å²) in [7, 11) is 0.